The molecule has 2 aromatic rings. The van der Waals surface area contributed by atoms with Crippen molar-refractivity contribution in [3.05, 3.63) is 22.7 Å². The molecule has 106 valence electrons. The number of halogens is 1. The third-order valence-electron chi connectivity index (χ3n) is 4.80. The van der Waals surface area contributed by atoms with E-state index in [9.17, 15) is 0 Å². The molecule has 1 aromatic heterocycles. The molecule has 0 aliphatic heterocycles. The summed E-state index contributed by atoms with van der Waals surface area (Å²) in [5.41, 5.74) is 3.99. The molecule has 2 atom stereocenters. The summed E-state index contributed by atoms with van der Waals surface area (Å²) in [6.07, 6.45) is 8.27. The average molecular weight is 307 g/mol. The summed E-state index contributed by atoms with van der Waals surface area (Å²) >= 11 is 8.07. The van der Waals surface area contributed by atoms with Crippen molar-refractivity contribution in [2.45, 2.75) is 44.6 Å². The standard InChI is InChI=1S/C16H19ClN2S/c17-13-6-7-14-16(18-9-20-14)15(13)19-12-3-1-2-11(8-12)10-4-5-10/h6-7,9-12,19H,1-5,8H2. The third kappa shape index (κ3) is 2.42. The molecule has 4 rings (SSSR count). The van der Waals surface area contributed by atoms with Gasteiger partial charge >= 0.3 is 0 Å². The van der Waals surface area contributed by atoms with Gasteiger partial charge in [-0.15, -0.1) is 11.3 Å². The van der Waals surface area contributed by atoms with Crippen molar-refractivity contribution in [2.75, 3.05) is 5.32 Å². The van der Waals surface area contributed by atoms with Crippen LogP contribution in [0, 0.1) is 11.8 Å². The Morgan fingerprint density at radius 3 is 2.90 bits per heavy atom. The second-order valence-corrected chi connectivity index (χ2v) is 7.52. The number of hydrogen-bond acceptors (Lipinski definition) is 3. The van der Waals surface area contributed by atoms with E-state index in [2.05, 4.69) is 16.4 Å². The quantitative estimate of drug-likeness (QED) is 0.829. The first kappa shape index (κ1) is 12.9. The van der Waals surface area contributed by atoms with E-state index >= 15 is 0 Å². The molecule has 2 unspecified atom stereocenters. The summed E-state index contributed by atoms with van der Waals surface area (Å²) in [4.78, 5) is 4.48. The van der Waals surface area contributed by atoms with Gasteiger partial charge in [-0.1, -0.05) is 24.4 Å². The van der Waals surface area contributed by atoms with Crippen LogP contribution in [0.3, 0.4) is 0 Å². The van der Waals surface area contributed by atoms with Gasteiger partial charge in [0, 0.05) is 6.04 Å². The Morgan fingerprint density at radius 2 is 2.05 bits per heavy atom. The van der Waals surface area contributed by atoms with Gasteiger partial charge in [0.05, 0.1) is 20.9 Å². The molecule has 2 aliphatic rings. The van der Waals surface area contributed by atoms with Crippen molar-refractivity contribution in [2.24, 2.45) is 11.8 Å². The fourth-order valence-corrected chi connectivity index (χ4v) is 4.49. The largest absolute Gasteiger partial charge is 0.379 e. The van der Waals surface area contributed by atoms with Crippen LogP contribution >= 0.6 is 22.9 Å². The molecule has 0 amide bonds. The predicted octanol–water partition coefficient (Wildman–Crippen LogP) is 5.33. The highest BCUT2D eigenvalue weighted by Gasteiger charge is 2.34. The zero-order chi connectivity index (χ0) is 13.5. The number of thiazole rings is 1. The molecule has 0 radical (unpaired) electrons. The van der Waals surface area contributed by atoms with Crippen molar-refractivity contribution >= 4 is 38.8 Å². The number of rotatable bonds is 3. The maximum Gasteiger partial charge on any atom is 0.106 e. The zero-order valence-corrected chi connectivity index (χ0v) is 13.0. The van der Waals surface area contributed by atoms with Crippen LogP contribution in [0.1, 0.15) is 38.5 Å². The van der Waals surface area contributed by atoms with E-state index in [1.165, 1.54) is 43.2 Å². The highest BCUT2D eigenvalue weighted by Crippen LogP contribution is 2.45. The van der Waals surface area contributed by atoms with Crippen LogP contribution in [0.15, 0.2) is 17.6 Å². The first-order chi connectivity index (χ1) is 9.81. The van der Waals surface area contributed by atoms with Crippen LogP contribution in [0.5, 0.6) is 0 Å². The Bertz CT molecular complexity index is 620. The van der Waals surface area contributed by atoms with Crippen LogP contribution in [-0.2, 0) is 0 Å². The van der Waals surface area contributed by atoms with E-state index < -0.39 is 0 Å². The summed E-state index contributed by atoms with van der Waals surface area (Å²) in [5, 5.41) is 4.51. The molecule has 0 spiro atoms. The van der Waals surface area contributed by atoms with Gasteiger partial charge in [-0.25, -0.2) is 4.98 Å². The summed E-state index contributed by atoms with van der Waals surface area (Å²) in [6.45, 7) is 0. The fraction of sp³-hybridized carbons (Fsp3) is 0.562. The van der Waals surface area contributed by atoms with E-state index in [-0.39, 0.29) is 0 Å². The highest BCUT2D eigenvalue weighted by atomic mass is 35.5. The lowest BCUT2D eigenvalue weighted by atomic mass is 9.82. The molecule has 2 saturated carbocycles. The number of anilines is 1. The summed E-state index contributed by atoms with van der Waals surface area (Å²) < 4.78 is 1.21. The van der Waals surface area contributed by atoms with Crippen molar-refractivity contribution in [1.82, 2.24) is 4.98 Å². The van der Waals surface area contributed by atoms with Gasteiger partial charge in [-0.3, -0.25) is 0 Å². The average Bonchev–Trinajstić information content (AvgIpc) is 3.21. The molecule has 0 saturated heterocycles. The zero-order valence-electron chi connectivity index (χ0n) is 11.4. The Balaban J connectivity index is 1.57. The van der Waals surface area contributed by atoms with Gasteiger partial charge in [0.25, 0.3) is 0 Å². The maximum atomic E-state index is 6.39. The smallest absolute Gasteiger partial charge is 0.106 e. The van der Waals surface area contributed by atoms with Crippen molar-refractivity contribution in [1.29, 1.82) is 0 Å². The fourth-order valence-electron chi connectivity index (χ4n) is 3.60. The van der Waals surface area contributed by atoms with Crippen molar-refractivity contribution < 1.29 is 0 Å². The van der Waals surface area contributed by atoms with Crippen LogP contribution in [0.4, 0.5) is 5.69 Å². The molecule has 4 heteroatoms. The lowest BCUT2D eigenvalue weighted by Crippen LogP contribution is -2.28. The molecule has 20 heavy (non-hydrogen) atoms. The lowest BCUT2D eigenvalue weighted by Gasteiger charge is -2.30. The minimum Gasteiger partial charge on any atom is -0.379 e. The predicted molar refractivity (Wildman–Crippen MR) is 86.7 cm³/mol. The Kier molecular flexibility index (Phi) is 3.35. The van der Waals surface area contributed by atoms with Crippen molar-refractivity contribution in [3.63, 3.8) is 0 Å². The SMILES string of the molecule is Clc1ccc2scnc2c1NC1CCCC(C2CC2)C1. The van der Waals surface area contributed by atoms with Crippen LogP contribution in [-0.4, -0.2) is 11.0 Å². The Hall–Kier alpha value is -0.800. The maximum absolute atomic E-state index is 6.39. The van der Waals surface area contributed by atoms with E-state index in [1.54, 1.807) is 11.3 Å². The van der Waals surface area contributed by atoms with E-state index in [1.807, 2.05) is 11.6 Å². The number of hydrogen-bond donors (Lipinski definition) is 1. The molecule has 0 bridgehead atoms. The Labute approximate surface area is 128 Å². The first-order valence-corrected chi connectivity index (χ1v) is 8.85. The lowest BCUT2D eigenvalue weighted by molar-refractivity contribution is 0.303. The van der Waals surface area contributed by atoms with Crippen LogP contribution in [0.25, 0.3) is 10.2 Å². The van der Waals surface area contributed by atoms with Gasteiger partial charge in [0.1, 0.15) is 5.52 Å². The summed E-state index contributed by atoms with van der Waals surface area (Å²) in [6, 6.07) is 4.62. The number of nitrogens with zero attached hydrogens (tertiary/aromatic N) is 1. The second-order valence-electron chi connectivity index (χ2n) is 6.23. The minimum absolute atomic E-state index is 0.569. The molecule has 1 heterocycles. The van der Waals surface area contributed by atoms with E-state index in [4.69, 9.17) is 11.6 Å². The third-order valence-corrected chi connectivity index (χ3v) is 5.91. The molecule has 2 aliphatic carbocycles. The van der Waals surface area contributed by atoms with E-state index in [0.29, 0.717) is 6.04 Å². The summed E-state index contributed by atoms with van der Waals surface area (Å²) in [5.74, 6) is 1.96. The first-order valence-electron chi connectivity index (χ1n) is 7.59. The van der Waals surface area contributed by atoms with Gasteiger partial charge in [-0.05, 0) is 49.7 Å². The van der Waals surface area contributed by atoms with Gasteiger partial charge in [0.2, 0.25) is 0 Å². The highest BCUT2D eigenvalue weighted by molar-refractivity contribution is 7.16. The van der Waals surface area contributed by atoms with E-state index in [0.717, 1.165) is 28.1 Å². The molecule has 1 N–H and O–H groups in total. The van der Waals surface area contributed by atoms with Crippen molar-refractivity contribution in [3.8, 4) is 0 Å². The Morgan fingerprint density at radius 1 is 1.15 bits per heavy atom. The van der Waals surface area contributed by atoms with Gasteiger partial charge in [-0.2, -0.15) is 0 Å². The number of aromatic nitrogens is 1. The van der Waals surface area contributed by atoms with Gasteiger partial charge < -0.3 is 5.32 Å². The molecular weight excluding hydrogens is 288 g/mol. The second kappa shape index (κ2) is 5.19. The normalized spacial score (nSPS) is 26.9. The van der Waals surface area contributed by atoms with Gasteiger partial charge in [0.15, 0.2) is 0 Å². The molecule has 1 aromatic carbocycles. The number of fused-ring (bicyclic) bond motifs is 1. The molecular formula is C16H19ClN2S. The molecule has 2 fully saturated rings. The molecule has 2 nitrogen and oxygen atoms in total. The monoisotopic (exact) mass is 306 g/mol. The minimum atomic E-state index is 0.569. The van der Waals surface area contributed by atoms with Crippen LogP contribution in [0.2, 0.25) is 5.02 Å². The summed E-state index contributed by atoms with van der Waals surface area (Å²) in [7, 11) is 0. The topological polar surface area (TPSA) is 24.9 Å². The number of nitrogens with one attached hydrogen (secondary N) is 1. The van der Waals surface area contributed by atoms with Crippen LogP contribution < -0.4 is 5.32 Å². The number of benzene rings is 1.